The summed E-state index contributed by atoms with van der Waals surface area (Å²) in [5.41, 5.74) is -0.541. The number of carbonyl (C=O) groups is 1. The second kappa shape index (κ2) is 5.16. The van der Waals surface area contributed by atoms with Gasteiger partial charge in [0.2, 0.25) is 0 Å². The van der Waals surface area contributed by atoms with Crippen LogP contribution < -0.4 is 0 Å². The number of ether oxygens (including phenoxy) is 1. The molecule has 4 heteroatoms. The predicted octanol–water partition coefficient (Wildman–Crippen LogP) is 2.12. The molecule has 0 amide bonds. The number of carbonyl (C=O) groups excluding carboxylic acids is 1. The number of benzene rings is 1. The van der Waals surface area contributed by atoms with Crippen LogP contribution in [0.1, 0.15) is 24.2 Å². The van der Waals surface area contributed by atoms with E-state index in [0.717, 1.165) is 0 Å². The van der Waals surface area contributed by atoms with E-state index in [1.54, 1.807) is 18.2 Å². The van der Waals surface area contributed by atoms with Gasteiger partial charge in [-0.05, 0) is 26.0 Å². The van der Waals surface area contributed by atoms with Gasteiger partial charge in [0.05, 0.1) is 24.3 Å². The molecule has 0 radical (unpaired) electrons. The third kappa shape index (κ3) is 2.44. The monoisotopic (exact) mass is 251 g/mol. The smallest absolute Gasteiger partial charge is 0.185 e. The summed E-state index contributed by atoms with van der Waals surface area (Å²) < 4.78 is 19.0. The van der Waals surface area contributed by atoms with Gasteiger partial charge in [0.25, 0.3) is 0 Å². The van der Waals surface area contributed by atoms with Gasteiger partial charge in [-0.3, -0.25) is 9.69 Å². The summed E-state index contributed by atoms with van der Waals surface area (Å²) in [6, 6.07) is 6.14. The number of nitrogens with zero attached hydrogens (tertiary/aromatic N) is 1. The Morgan fingerprint density at radius 2 is 1.89 bits per heavy atom. The molecule has 1 aliphatic rings. The highest BCUT2D eigenvalue weighted by Gasteiger charge is 2.36. The molecule has 2 rings (SSSR count). The topological polar surface area (TPSA) is 29.5 Å². The van der Waals surface area contributed by atoms with E-state index in [4.69, 9.17) is 4.74 Å². The van der Waals surface area contributed by atoms with Crippen molar-refractivity contribution in [3.8, 4) is 0 Å². The highest BCUT2D eigenvalue weighted by Crippen LogP contribution is 2.23. The Labute approximate surface area is 107 Å². The van der Waals surface area contributed by atoms with Crippen molar-refractivity contribution in [3.05, 3.63) is 35.6 Å². The van der Waals surface area contributed by atoms with Crippen LogP contribution in [0.4, 0.5) is 4.39 Å². The number of hydrogen-bond acceptors (Lipinski definition) is 3. The molecule has 3 nitrogen and oxygen atoms in total. The second-order valence-electron chi connectivity index (χ2n) is 4.97. The van der Waals surface area contributed by atoms with Crippen molar-refractivity contribution >= 4 is 5.78 Å². The fourth-order valence-electron chi connectivity index (χ4n) is 2.24. The number of Topliss-reactive ketones (excluding diaryl/α,β-unsaturated/α-hetero) is 1. The average Bonchev–Trinajstić information content (AvgIpc) is 2.39. The van der Waals surface area contributed by atoms with Crippen molar-refractivity contribution in [2.75, 3.05) is 26.3 Å². The number of ketones is 1. The van der Waals surface area contributed by atoms with Crippen molar-refractivity contribution < 1.29 is 13.9 Å². The van der Waals surface area contributed by atoms with Gasteiger partial charge < -0.3 is 4.74 Å². The van der Waals surface area contributed by atoms with Gasteiger partial charge in [0, 0.05) is 13.1 Å². The van der Waals surface area contributed by atoms with E-state index in [1.807, 2.05) is 18.7 Å². The fraction of sp³-hybridized carbons (Fsp3) is 0.500. The summed E-state index contributed by atoms with van der Waals surface area (Å²) in [5.74, 6) is -0.633. The van der Waals surface area contributed by atoms with Crippen LogP contribution >= 0.6 is 0 Å². The molecule has 1 heterocycles. The van der Waals surface area contributed by atoms with Crippen LogP contribution in [0.3, 0.4) is 0 Å². The molecule has 0 saturated carbocycles. The van der Waals surface area contributed by atoms with Crippen LogP contribution in [0.15, 0.2) is 24.3 Å². The highest BCUT2D eigenvalue weighted by molar-refractivity contribution is 6.02. The lowest BCUT2D eigenvalue weighted by atomic mass is 9.90. The fourth-order valence-corrected chi connectivity index (χ4v) is 2.24. The zero-order chi connectivity index (χ0) is 13.2. The van der Waals surface area contributed by atoms with E-state index in [1.165, 1.54) is 6.07 Å². The molecule has 98 valence electrons. The van der Waals surface area contributed by atoms with Gasteiger partial charge in [-0.15, -0.1) is 0 Å². The molecule has 0 N–H and O–H groups in total. The average molecular weight is 251 g/mol. The van der Waals surface area contributed by atoms with Crippen LogP contribution in [-0.4, -0.2) is 42.5 Å². The second-order valence-corrected chi connectivity index (χ2v) is 4.97. The predicted molar refractivity (Wildman–Crippen MR) is 67.2 cm³/mol. The Morgan fingerprint density at radius 3 is 2.50 bits per heavy atom. The zero-order valence-corrected chi connectivity index (χ0v) is 10.8. The lowest BCUT2D eigenvalue weighted by Crippen LogP contribution is -2.54. The van der Waals surface area contributed by atoms with E-state index in [9.17, 15) is 9.18 Å². The number of halogens is 1. The summed E-state index contributed by atoms with van der Waals surface area (Å²) in [5, 5.41) is 0. The summed E-state index contributed by atoms with van der Waals surface area (Å²) in [4.78, 5) is 14.5. The summed E-state index contributed by atoms with van der Waals surface area (Å²) in [7, 11) is 0. The van der Waals surface area contributed by atoms with E-state index >= 15 is 0 Å². The van der Waals surface area contributed by atoms with E-state index in [-0.39, 0.29) is 11.3 Å². The maximum Gasteiger partial charge on any atom is 0.185 e. The van der Waals surface area contributed by atoms with Crippen molar-refractivity contribution in [1.29, 1.82) is 0 Å². The SMILES string of the molecule is CC(C)(C(=O)c1ccccc1F)N1CCOCC1. The zero-order valence-electron chi connectivity index (χ0n) is 10.8. The van der Waals surface area contributed by atoms with Crippen molar-refractivity contribution in [2.24, 2.45) is 0 Å². The molecule has 0 unspecified atom stereocenters. The molecule has 0 bridgehead atoms. The molecular formula is C14H18FNO2. The van der Waals surface area contributed by atoms with Crippen LogP contribution in [0.2, 0.25) is 0 Å². The molecule has 1 aromatic carbocycles. The van der Waals surface area contributed by atoms with Crippen molar-refractivity contribution in [2.45, 2.75) is 19.4 Å². The van der Waals surface area contributed by atoms with E-state index < -0.39 is 11.4 Å². The normalized spacial score (nSPS) is 17.7. The first-order valence-corrected chi connectivity index (χ1v) is 6.15. The van der Waals surface area contributed by atoms with E-state index in [0.29, 0.717) is 26.3 Å². The van der Waals surface area contributed by atoms with E-state index in [2.05, 4.69) is 0 Å². The Morgan fingerprint density at radius 1 is 1.28 bits per heavy atom. The van der Waals surface area contributed by atoms with Crippen LogP contribution in [0, 0.1) is 5.82 Å². The third-order valence-electron chi connectivity index (χ3n) is 3.48. The Bertz CT molecular complexity index is 439. The van der Waals surface area contributed by atoms with Gasteiger partial charge >= 0.3 is 0 Å². The molecule has 0 spiro atoms. The Hall–Kier alpha value is -1.26. The first-order chi connectivity index (χ1) is 8.53. The van der Waals surface area contributed by atoms with Crippen molar-refractivity contribution in [3.63, 3.8) is 0 Å². The lowest BCUT2D eigenvalue weighted by Gasteiger charge is -2.39. The standard InChI is InChI=1S/C14H18FNO2/c1-14(2,16-7-9-18-10-8-16)13(17)11-5-3-4-6-12(11)15/h3-6H,7-10H2,1-2H3. The molecule has 0 atom stereocenters. The molecule has 1 saturated heterocycles. The molecule has 0 aromatic heterocycles. The van der Waals surface area contributed by atoms with Gasteiger partial charge in [-0.25, -0.2) is 4.39 Å². The first-order valence-electron chi connectivity index (χ1n) is 6.15. The maximum absolute atomic E-state index is 13.7. The molecule has 1 fully saturated rings. The Kier molecular flexibility index (Phi) is 3.78. The summed E-state index contributed by atoms with van der Waals surface area (Å²) in [6.45, 7) is 6.32. The van der Waals surface area contributed by atoms with Gasteiger partial charge in [0.15, 0.2) is 5.78 Å². The number of rotatable bonds is 3. The molecule has 1 aliphatic heterocycles. The van der Waals surface area contributed by atoms with Crippen LogP contribution in [-0.2, 0) is 4.74 Å². The molecule has 0 aliphatic carbocycles. The number of morpholine rings is 1. The largest absolute Gasteiger partial charge is 0.379 e. The highest BCUT2D eigenvalue weighted by atomic mass is 19.1. The van der Waals surface area contributed by atoms with Crippen molar-refractivity contribution in [1.82, 2.24) is 4.90 Å². The lowest BCUT2D eigenvalue weighted by molar-refractivity contribution is -0.00443. The minimum absolute atomic E-state index is 0.161. The summed E-state index contributed by atoms with van der Waals surface area (Å²) >= 11 is 0. The third-order valence-corrected chi connectivity index (χ3v) is 3.48. The minimum Gasteiger partial charge on any atom is -0.379 e. The molecular weight excluding hydrogens is 233 g/mol. The van der Waals surface area contributed by atoms with Gasteiger partial charge in [0.1, 0.15) is 5.82 Å². The number of hydrogen-bond donors (Lipinski definition) is 0. The molecule has 1 aromatic rings. The summed E-state index contributed by atoms with van der Waals surface area (Å²) in [6.07, 6.45) is 0. The van der Waals surface area contributed by atoms with Gasteiger partial charge in [-0.2, -0.15) is 0 Å². The van der Waals surface area contributed by atoms with Crippen LogP contribution in [0.25, 0.3) is 0 Å². The van der Waals surface area contributed by atoms with Gasteiger partial charge in [-0.1, -0.05) is 12.1 Å². The Balaban J connectivity index is 2.24. The first kappa shape index (κ1) is 13.2. The minimum atomic E-state index is -0.702. The quantitative estimate of drug-likeness (QED) is 0.771. The maximum atomic E-state index is 13.7. The van der Waals surface area contributed by atoms with Crippen LogP contribution in [0.5, 0.6) is 0 Å². The molecule has 18 heavy (non-hydrogen) atoms.